The minimum atomic E-state index is -4.38. The molecular formula is C12H9F3N4. The van der Waals surface area contributed by atoms with Crippen LogP contribution in [0.15, 0.2) is 48.0 Å². The summed E-state index contributed by atoms with van der Waals surface area (Å²) in [7, 11) is 0. The largest absolute Gasteiger partial charge is 0.417 e. The first-order chi connectivity index (χ1) is 9.05. The molecular weight excluding hydrogens is 257 g/mol. The molecule has 19 heavy (non-hydrogen) atoms. The molecule has 1 N–H and O–H groups in total. The first-order valence-corrected chi connectivity index (χ1v) is 5.28. The van der Waals surface area contributed by atoms with Crippen LogP contribution in [0.4, 0.5) is 19.0 Å². The second-order valence-corrected chi connectivity index (χ2v) is 3.59. The zero-order valence-corrected chi connectivity index (χ0v) is 9.59. The fourth-order valence-electron chi connectivity index (χ4n) is 1.25. The number of hydrogen-bond donors (Lipinski definition) is 1. The number of anilines is 1. The van der Waals surface area contributed by atoms with E-state index >= 15 is 0 Å². The Morgan fingerprint density at radius 2 is 2.00 bits per heavy atom. The second kappa shape index (κ2) is 5.47. The van der Waals surface area contributed by atoms with Crippen LogP contribution >= 0.6 is 0 Å². The van der Waals surface area contributed by atoms with Crippen molar-refractivity contribution in [3.8, 4) is 0 Å². The van der Waals surface area contributed by atoms with Crippen LogP contribution in [0.25, 0.3) is 0 Å². The Morgan fingerprint density at radius 3 is 2.58 bits per heavy atom. The molecule has 2 heterocycles. The van der Waals surface area contributed by atoms with E-state index in [0.29, 0.717) is 0 Å². The zero-order chi connectivity index (χ0) is 13.7. The van der Waals surface area contributed by atoms with Crippen molar-refractivity contribution in [2.45, 2.75) is 6.18 Å². The lowest BCUT2D eigenvalue weighted by Gasteiger charge is -2.06. The summed E-state index contributed by atoms with van der Waals surface area (Å²) in [6.07, 6.45) is 1.09. The third kappa shape index (κ3) is 3.77. The van der Waals surface area contributed by atoms with Crippen LogP contribution in [0.2, 0.25) is 0 Å². The summed E-state index contributed by atoms with van der Waals surface area (Å²) in [5, 5.41) is 3.84. The summed E-state index contributed by atoms with van der Waals surface area (Å²) in [6, 6.07) is 5.69. The number of alkyl halides is 3. The maximum atomic E-state index is 12.3. The van der Waals surface area contributed by atoms with Gasteiger partial charge < -0.3 is 0 Å². The van der Waals surface area contributed by atoms with Crippen LogP contribution in [0.1, 0.15) is 11.1 Å². The molecule has 0 saturated heterocycles. The predicted octanol–water partition coefficient (Wildman–Crippen LogP) is 2.94. The van der Waals surface area contributed by atoms with Crippen molar-refractivity contribution in [2.75, 3.05) is 5.43 Å². The third-order valence-corrected chi connectivity index (χ3v) is 2.17. The number of hydrazone groups is 1. The number of aromatic nitrogens is 2. The normalized spacial score (nSPS) is 11.7. The first kappa shape index (κ1) is 13.0. The molecule has 98 valence electrons. The van der Waals surface area contributed by atoms with Crippen LogP contribution < -0.4 is 5.43 Å². The molecule has 2 aromatic rings. The van der Waals surface area contributed by atoms with Crippen molar-refractivity contribution in [3.05, 3.63) is 54.0 Å². The fraction of sp³-hybridized carbons (Fsp3) is 0.0833. The number of nitrogens with zero attached hydrogens (tertiary/aromatic N) is 3. The minimum Gasteiger partial charge on any atom is -0.264 e. The molecule has 4 nitrogen and oxygen atoms in total. The van der Waals surface area contributed by atoms with E-state index in [1.54, 1.807) is 24.5 Å². The molecule has 2 rings (SSSR count). The van der Waals surface area contributed by atoms with Crippen molar-refractivity contribution >= 4 is 12.0 Å². The molecule has 0 atom stereocenters. The Morgan fingerprint density at radius 1 is 1.16 bits per heavy atom. The van der Waals surface area contributed by atoms with E-state index in [1.807, 2.05) is 0 Å². The quantitative estimate of drug-likeness (QED) is 0.686. The molecule has 0 bridgehead atoms. The standard InChI is InChI=1S/C12H9F3N4/c13-12(14,15)10-3-4-11(17-8-10)19-18-7-9-2-1-5-16-6-9/h1-8H,(H,17,19). The van der Waals surface area contributed by atoms with Crippen molar-refractivity contribution in [1.29, 1.82) is 0 Å². The SMILES string of the molecule is FC(F)(F)c1ccc(NN=Cc2cccnc2)nc1. The summed E-state index contributed by atoms with van der Waals surface area (Å²) in [6.45, 7) is 0. The smallest absolute Gasteiger partial charge is 0.264 e. The van der Waals surface area contributed by atoms with E-state index in [9.17, 15) is 13.2 Å². The van der Waals surface area contributed by atoms with Gasteiger partial charge in [0.25, 0.3) is 0 Å². The Labute approximate surface area is 107 Å². The Kier molecular flexibility index (Phi) is 3.74. The Balaban J connectivity index is 1.99. The van der Waals surface area contributed by atoms with Gasteiger partial charge in [0.15, 0.2) is 0 Å². The molecule has 0 aliphatic rings. The van der Waals surface area contributed by atoms with Gasteiger partial charge in [-0.2, -0.15) is 18.3 Å². The van der Waals surface area contributed by atoms with Gasteiger partial charge >= 0.3 is 6.18 Å². The molecule has 0 spiro atoms. The number of nitrogens with one attached hydrogen (secondary N) is 1. The number of hydrogen-bond acceptors (Lipinski definition) is 4. The first-order valence-electron chi connectivity index (χ1n) is 5.28. The highest BCUT2D eigenvalue weighted by atomic mass is 19.4. The topological polar surface area (TPSA) is 50.2 Å². The van der Waals surface area contributed by atoms with Crippen LogP contribution in [0, 0.1) is 0 Å². The van der Waals surface area contributed by atoms with Crippen LogP contribution in [-0.4, -0.2) is 16.2 Å². The average molecular weight is 266 g/mol. The van der Waals surface area contributed by atoms with E-state index in [1.165, 1.54) is 12.3 Å². The van der Waals surface area contributed by atoms with Crippen molar-refractivity contribution in [2.24, 2.45) is 5.10 Å². The van der Waals surface area contributed by atoms with Gasteiger partial charge in [0.1, 0.15) is 5.82 Å². The van der Waals surface area contributed by atoms with Crippen LogP contribution in [0.3, 0.4) is 0 Å². The van der Waals surface area contributed by atoms with E-state index in [4.69, 9.17) is 0 Å². The van der Waals surface area contributed by atoms with Gasteiger partial charge in [0.2, 0.25) is 0 Å². The summed E-state index contributed by atoms with van der Waals surface area (Å²) in [5.74, 6) is 0.230. The second-order valence-electron chi connectivity index (χ2n) is 3.59. The molecule has 0 aromatic carbocycles. The summed E-state index contributed by atoms with van der Waals surface area (Å²) < 4.78 is 36.9. The van der Waals surface area contributed by atoms with Crippen LogP contribution in [-0.2, 0) is 6.18 Å². The molecule has 0 aliphatic carbocycles. The maximum Gasteiger partial charge on any atom is 0.417 e. The number of halogens is 3. The summed E-state index contributed by atoms with van der Waals surface area (Å²) >= 11 is 0. The fourth-order valence-corrected chi connectivity index (χ4v) is 1.25. The van der Waals surface area contributed by atoms with E-state index < -0.39 is 11.7 Å². The summed E-state index contributed by atoms with van der Waals surface area (Å²) in [4.78, 5) is 7.51. The van der Waals surface area contributed by atoms with Crippen LogP contribution in [0.5, 0.6) is 0 Å². The highest BCUT2D eigenvalue weighted by Gasteiger charge is 2.30. The molecule has 2 aromatic heterocycles. The van der Waals surface area contributed by atoms with Gasteiger partial charge in [-0.3, -0.25) is 10.4 Å². The highest BCUT2D eigenvalue weighted by Crippen LogP contribution is 2.28. The molecule has 0 amide bonds. The molecule has 0 aliphatic heterocycles. The number of pyridine rings is 2. The van der Waals surface area contributed by atoms with E-state index in [0.717, 1.165) is 17.8 Å². The molecule has 0 saturated carbocycles. The molecule has 0 unspecified atom stereocenters. The minimum absolute atomic E-state index is 0.230. The van der Waals surface area contributed by atoms with Gasteiger partial charge in [0.05, 0.1) is 11.8 Å². The molecule has 0 radical (unpaired) electrons. The Hall–Kier alpha value is -2.44. The van der Waals surface area contributed by atoms with Gasteiger partial charge in [-0.05, 0) is 18.2 Å². The molecule has 7 heteroatoms. The maximum absolute atomic E-state index is 12.3. The van der Waals surface area contributed by atoms with Gasteiger partial charge in [-0.1, -0.05) is 6.07 Å². The third-order valence-electron chi connectivity index (χ3n) is 2.17. The van der Waals surface area contributed by atoms with Crippen molar-refractivity contribution < 1.29 is 13.2 Å². The average Bonchev–Trinajstić information content (AvgIpc) is 2.39. The Bertz CT molecular complexity index is 549. The van der Waals surface area contributed by atoms with Crippen molar-refractivity contribution in [1.82, 2.24) is 9.97 Å². The van der Waals surface area contributed by atoms with E-state index in [-0.39, 0.29) is 5.82 Å². The lowest BCUT2D eigenvalue weighted by atomic mass is 10.3. The highest BCUT2D eigenvalue weighted by molar-refractivity contribution is 5.79. The van der Waals surface area contributed by atoms with Gasteiger partial charge in [-0.25, -0.2) is 4.98 Å². The van der Waals surface area contributed by atoms with Gasteiger partial charge in [-0.15, -0.1) is 0 Å². The van der Waals surface area contributed by atoms with Crippen molar-refractivity contribution in [3.63, 3.8) is 0 Å². The zero-order valence-electron chi connectivity index (χ0n) is 9.59. The lowest BCUT2D eigenvalue weighted by Crippen LogP contribution is -2.05. The monoisotopic (exact) mass is 266 g/mol. The number of rotatable bonds is 3. The van der Waals surface area contributed by atoms with E-state index in [2.05, 4.69) is 20.5 Å². The summed E-state index contributed by atoms with van der Waals surface area (Å²) in [5.41, 5.74) is 2.50. The van der Waals surface area contributed by atoms with Gasteiger partial charge in [0, 0.05) is 24.2 Å². The lowest BCUT2D eigenvalue weighted by molar-refractivity contribution is -0.137. The molecule has 0 fully saturated rings. The predicted molar refractivity (Wildman–Crippen MR) is 64.7 cm³/mol.